The quantitative estimate of drug-likeness (QED) is 0.402. The van der Waals surface area contributed by atoms with Crippen molar-refractivity contribution in [3.8, 4) is 0 Å². The molecular formula is C16H23FN2O8. The first-order valence-electron chi connectivity index (χ1n) is 8.13. The lowest BCUT2D eigenvalue weighted by atomic mass is 9.91. The average Bonchev–Trinajstić information content (AvgIpc) is 2.68. The molecule has 0 saturated heterocycles. The van der Waals surface area contributed by atoms with Crippen molar-refractivity contribution in [2.45, 2.75) is 50.9 Å². The fourth-order valence-corrected chi connectivity index (χ4v) is 2.44. The number of unbranched alkanes of at least 4 members (excludes halogenated alkanes) is 1. The molecule has 1 aromatic rings. The Bertz CT molecular complexity index is 670. The molecule has 1 aromatic heterocycles. The van der Waals surface area contributed by atoms with Gasteiger partial charge in [-0.05, 0) is 18.4 Å². The van der Waals surface area contributed by atoms with Gasteiger partial charge in [0.25, 0.3) is 0 Å². The van der Waals surface area contributed by atoms with E-state index in [-0.39, 0.29) is 23.2 Å². The van der Waals surface area contributed by atoms with E-state index in [1.54, 1.807) is 0 Å². The number of halogens is 1. The van der Waals surface area contributed by atoms with Crippen molar-refractivity contribution < 1.29 is 43.9 Å². The van der Waals surface area contributed by atoms with Crippen LogP contribution in [0.15, 0.2) is 0 Å². The Kier molecular flexibility index (Phi) is 8.63. The number of esters is 2. The Morgan fingerprint density at radius 2 is 1.52 bits per heavy atom. The number of rotatable bonds is 9. The topological polar surface area (TPSA) is 159 Å². The number of carbonyl (C=O) groups is 2. The van der Waals surface area contributed by atoms with E-state index in [9.17, 15) is 29.3 Å². The van der Waals surface area contributed by atoms with Crippen LogP contribution >= 0.6 is 0 Å². The standard InChI is InChI=1S/C16H23FN2O8/c1-4-5-6-7-8(11(20)12(21)13(22)14(17)23)10(16(25)27-3)19-18-9(7)15(24)26-2/h11-14,20-23H,4-6H2,1-3H3. The largest absolute Gasteiger partial charge is 0.464 e. The smallest absolute Gasteiger partial charge is 0.358 e. The first kappa shape index (κ1) is 22.8. The zero-order chi connectivity index (χ0) is 20.7. The monoisotopic (exact) mass is 390 g/mol. The molecule has 152 valence electrons. The van der Waals surface area contributed by atoms with Gasteiger partial charge < -0.3 is 29.9 Å². The van der Waals surface area contributed by atoms with Crippen LogP contribution in [0.1, 0.15) is 58.0 Å². The van der Waals surface area contributed by atoms with Crippen LogP contribution in [0.5, 0.6) is 0 Å². The second-order valence-electron chi connectivity index (χ2n) is 5.67. The van der Waals surface area contributed by atoms with Crippen molar-refractivity contribution in [2.75, 3.05) is 14.2 Å². The second kappa shape index (κ2) is 10.2. The summed E-state index contributed by atoms with van der Waals surface area (Å²) in [7, 11) is 2.13. The van der Waals surface area contributed by atoms with Crippen LogP contribution < -0.4 is 0 Å². The normalized spacial score (nSPS) is 15.6. The molecule has 0 saturated carbocycles. The van der Waals surface area contributed by atoms with Crippen LogP contribution in [0.2, 0.25) is 0 Å². The highest BCUT2D eigenvalue weighted by Crippen LogP contribution is 2.30. The Balaban J connectivity index is 3.66. The van der Waals surface area contributed by atoms with Gasteiger partial charge in [0.05, 0.1) is 14.2 Å². The zero-order valence-electron chi connectivity index (χ0n) is 15.1. The minimum Gasteiger partial charge on any atom is -0.464 e. The molecule has 0 aromatic carbocycles. The summed E-state index contributed by atoms with van der Waals surface area (Å²) in [6.45, 7) is 1.85. The molecule has 0 aliphatic rings. The van der Waals surface area contributed by atoms with Crippen LogP contribution in [0, 0.1) is 0 Å². The number of methoxy groups -OCH3 is 2. The fraction of sp³-hybridized carbons (Fsp3) is 0.625. The van der Waals surface area contributed by atoms with Gasteiger partial charge in [-0.3, -0.25) is 0 Å². The maximum atomic E-state index is 13.0. The van der Waals surface area contributed by atoms with Gasteiger partial charge in [-0.2, -0.15) is 0 Å². The minimum atomic E-state index is -2.86. The van der Waals surface area contributed by atoms with Gasteiger partial charge in [0.2, 0.25) is 6.36 Å². The van der Waals surface area contributed by atoms with Crippen molar-refractivity contribution in [2.24, 2.45) is 0 Å². The van der Waals surface area contributed by atoms with Crippen molar-refractivity contribution in [1.29, 1.82) is 0 Å². The van der Waals surface area contributed by atoms with Crippen LogP contribution in [0.4, 0.5) is 4.39 Å². The summed E-state index contributed by atoms with van der Waals surface area (Å²) in [5, 5.41) is 46.0. The molecule has 0 aliphatic heterocycles. The van der Waals surface area contributed by atoms with Gasteiger partial charge in [-0.1, -0.05) is 13.3 Å². The first-order valence-corrected chi connectivity index (χ1v) is 8.13. The van der Waals surface area contributed by atoms with Gasteiger partial charge in [0.15, 0.2) is 11.4 Å². The molecule has 4 N–H and O–H groups in total. The molecule has 0 radical (unpaired) electrons. The number of aliphatic hydroxyl groups excluding tert-OH is 4. The van der Waals surface area contributed by atoms with Crippen LogP contribution in [-0.2, 0) is 15.9 Å². The molecular weight excluding hydrogens is 367 g/mol. The van der Waals surface area contributed by atoms with Gasteiger partial charge in [0.1, 0.15) is 18.3 Å². The molecule has 10 nitrogen and oxygen atoms in total. The Hall–Kier alpha value is -2.21. The lowest BCUT2D eigenvalue weighted by Gasteiger charge is -2.26. The van der Waals surface area contributed by atoms with Crippen LogP contribution in [-0.4, -0.2) is 75.3 Å². The van der Waals surface area contributed by atoms with E-state index in [1.165, 1.54) is 0 Å². The predicted octanol–water partition coefficient (Wildman–Crippen LogP) is -0.565. The highest BCUT2D eigenvalue weighted by Gasteiger charge is 2.37. The lowest BCUT2D eigenvalue weighted by Crippen LogP contribution is -2.40. The molecule has 4 unspecified atom stereocenters. The maximum absolute atomic E-state index is 13.0. The third-order valence-corrected chi connectivity index (χ3v) is 3.90. The maximum Gasteiger partial charge on any atom is 0.358 e. The molecule has 4 atom stereocenters. The summed E-state index contributed by atoms with van der Waals surface area (Å²) in [6.07, 6.45) is -8.24. The molecule has 0 amide bonds. The van der Waals surface area contributed by atoms with Crippen molar-refractivity contribution in [1.82, 2.24) is 10.2 Å². The average molecular weight is 390 g/mol. The van der Waals surface area contributed by atoms with Gasteiger partial charge >= 0.3 is 11.9 Å². The highest BCUT2D eigenvalue weighted by atomic mass is 19.1. The summed E-state index contributed by atoms with van der Waals surface area (Å²) in [6, 6.07) is 0. The highest BCUT2D eigenvalue weighted by molar-refractivity contribution is 5.93. The predicted molar refractivity (Wildman–Crippen MR) is 87.4 cm³/mol. The summed E-state index contributed by atoms with van der Waals surface area (Å²) in [5.74, 6) is -1.94. The third-order valence-electron chi connectivity index (χ3n) is 3.90. The Labute approximate surface area is 154 Å². The Morgan fingerprint density at radius 3 is 2.00 bits per heavy atom. The van der Waals surface area contributed by atoms with Crippen LogP contribution in [0.3, 0.4) is 0 Å². The number of alkyl halides is 1. The number of aliphatic hydroxyl groups is 4. The molecule has 0 fully saturated rings. The number of ether oxygens (including phenoxy) is 2. The molecule has 0 spiro atoms. The van der Waals surface area contributed by atoms with Crippen molar-refractivity contribution in [3.05, 3.63) is 22.5 Å². The SMILES string of the molecule is CCCCc1c(C(=O)OC)nnc(C(=O)OC)c1C(O)C(O)C(O)C(O)F. The van der Waals surface area contributed by atoms with E-state index in [0.29, 0.717) is 12.8 Å². The second-order valence-corrected chi connectivity index (χ2v) is 5.67. The van der Waals surface area contributed by atoms with Gasteiger partial charge in [-0.25, -0.2) is 14.0 Å². The fourth-order valence-electron chi connectivity index (χ4n) is 2.44. The van der Waals surface area contributed by atoms with E-state index in [0.717, 1.165) is 14.2 Å². The van der Waals surface area contributed by atoms with Crippen molar-refractivity contribution >= 4 is 11.9 Å². The molecule has 27 heavy (non-hydrogen) atoms. The molecule has 1 rings (SSSR count). The van der Waals surface area contributed by atoms with E-state index >= 15 is 0 Å². The van der Waals surface area contributed by atoms with Gasteiger partial charge in [-0.15, -0.1) is 10.2 Å². The number of hydrogen-bond donors (Lipinski definition) is 4. The van der Waals surface area contributed by atoms with Gasteiger partial charge in [0, 0.05) is 5.56 Å². The van der Waals surface area contributed by atoms with E-state index in [2.05, 4.69) is 19.7 Å². The van der Waals surface area contributed by atoms with E-state index in [4.69, 9.17) is 5.11 Å². The minimum absolute atomic E-state index is 0.0335. The summed E-state index contributed by atoms with van der Waals surface area (Å²) in [5.41, 5.74) is -1.16. The molecule has 0 aliphatic carbocycles. The Morgan fingerprint density at radius 1 is 1.00 bits per heavy atom. The van der Waals surface area contributed by atoms with E-state index < -0.39 is 42.3 Å². The number of aromatic nitrogens is 2. The summed E-state index contributed by atoms with van der Waals surface area (Å²) in [4.78, 5) is 24.0. The van der Waals surface area contributed by atoms with Crippen molar-refractivity contribution in [3.63, 3.8) is 0 Å². The third kappa shape index (κ3) is 5.16. The number of nitrogens with zero attached hydrogens (tertiary/aromatic N) is 2. The summed E-state index contributed by atoms with van der Waals surface area (Å²) >= 11 is 0. The molecule has 0 bridgehead atoms. The number of carbonyl (C=O) groups excluding carboxylic acids is 2. The zero-order valence-corrected chi connectivity index (χ0v) is 15.1. The van der Waals surface area contributed by atoms with Crippen LogP contribution in [0.25, 0.3) is 0 Å². The lowest BCUT2D eigenvalue weighted by molar-refractivity contribution is -0.145. The summed E-state index contributed by atoms with van der Waals surface area (Å²) < 4.78 is 22.1. The first-order chi connectivity index (χ1) is 12.7. The van der Waals surface area contributed by atoms with E-state index in [1.807, 2.05) is 6.92 Å². The molecule has 1 heterocycles. The molecule has 11 heteroatoms. The number of hydrogen-bond acceptors (Lipinski definition) is 10.